The quantitative estimate of drug-likeness (QED) is 0.724. The van der Waals surface area contributed by atoms with Crippen LogP contribution >= 0.6 is 0 Å². The van der Waals surface area contributed by atoms with Crippen molar-refractivity contribution in [2.45, 2.75) is 19.8 Å². The SMILES string of the molecule is COCC(C)CC(=O)N1CC(CC(=O)O)C1. The van der Waals surface area contributed by atoms with E-state index in [1.165, 1.54) is 0 Å². The van der Waals surface area contributed by atoms with Crippen LogP contribution < -0.4 is 0 Å². The van der Waals surface area contributed by atoms with Crippen LogP contribution in [0.1, 0.15) is 19.8 Å². The Bertz CT molecular complexity index is 261. The summed E-state index contributed by atoms with van der Waals surface area (Å²) in [7, 11) is 1.62. The van der Waals surface area contributed by atoms with Gasteiger partial charge in [0.25, 0.3) is 0 Å². The molecule has 1 unspecified atom stereocenters. The highest BCUT2D eigenvalue weighted by Gasteiger charge is 2.32. The summed E-state index contributed by atoms with van der Waals surface area (Å²) >= 11 is 0. The highest BCUT2D eigenvalue weighted by molar-refractivity contribution is 5.77. The minimum atomic E-state index is -0.787. The van der Waals surface area contributed by atoms with Gasteiger partial charge < -0.3 is 14.7 Å². The maximum Gasteiger partial charge on any atom is 0.303 e. The van der Waals surface area contributed by atoms with Gasteiger partial charge in [-0.25, -0.2) is 0 Å². The number of aliphatic carboxylic acids is 1. The van der Waals surface area contributed by atoms with E-state index in [0.29, 0.717) is 26.1 Å². The molecular weight excluding hydrogens is 210 g/mol. The topological polar surface area (TPSA) is 66.8 Å². The molecule has 0 aliphatic carbocycles. The van der Waals surface area contributed by atoms with Crippen LogP contribution in [0.5, 0.6) is 0 Å². The molecule has 0 saturated carbocycles. The van der Waals surface area contributed by atoms with E-state index in [-0.39, 0.29) is 24.2 Å². The number of carboxylic acids is 1. The average molecular weight is 229 g/mol. The molecule has 0 aromatic rings. The molecule has 1 aliphatic heterocycles. The molecule has 1 rings (SSSR count). The second-order valence-electron chi connectivity index (χ2n) is 4.53. The van der Waals surface area contributed by atoms with E-state index in [0.717, 1.165) is 0 Å². The summed E-state index contributed by atoms with van der Waals surface area (Å²) < 4.78 is 4.96. The van der Waals surface area contributed by atoms with Gasteiger partial charge in [-0.2, -0.15) is 0 Å². The fourth-order valence-electron chi connectivity index (χ4n) is 1.92. The monoisotopic (exact) mass is 229 g/mol. The number of methoxy groups -OCH3 is 1. The van der Waals surface area contributed by atoms with Crippen molar-refractivity contribution >= 4 is 11.9 Å². The van der Waals surface area contributed by atoms with Gasteiger partial charge in [-0.05, 0) is 5.92 Å². The zero-order valence-electron chi connectivity index (χ0n) is 9.81. The first-order valence-corrected chi connectivity index (χ1v) is 5.51. The van der Waals surface area contributed by atoms with Crippen LogP contribution in [0.4, 0.5) is 0 Å². The van der Waals surface area contributed by atoms with E-state index in [2.05, 4.69) is 0 Å². The number of rotatable bonds is 6. The molecule has 1 fully saturated rings. The van der Waals surface area contributed by atoms with Crippen molar-refractivity contribution in [1.82, 2.24) is 4.90 Å². The molecule has 0 bridgehead atoms. The minimum absolute atomic E-state index is 0.103. The molecule has 5 heteroatoms. The van der Waals surface area contributed by atoms with Crippen molar-refractivity contribution in [3.05, 3.63) is 0 Å². The number of hydrogen-bond acceptors (Lipinski definition) is 3. The summed E-state index contributed by atoms with van der Waals surface area (Å²) in [5.41, 5.74) is 0. The first-order valence-electron chi connectivity index (χ1n) is 5.51. The third kappa shape index (κ3) is 3.81. The Labute approximate surface area is 95.4 Å². The van der Waals surface area contributed by atoms with Gasteiger partial charge in [-0.1, -0.05) is 6.92 Å². The number of carbonyl (C=O) groups is 2. The van der Waals surface area contributed by atoms with E-state index in [1.54, 1.807) is 12.0 Å². The Morgan fingerprint density at radius 1 is 1.50 bits per heavy atom. The van der Waals surface area contributed by atoms with Crippen LogP contribution in [0.2, 0.25) is 0 Å². The van der Waals surface area contributed by atoms with Gasteiger partial charge in [0.2, 0.25) is 5.91 Å². The summed E-state index contributed by atoms with van der Waals surface area (Å²) in [5, 5.41) is 8.57. The predicted octanol–water partition coefficient (Wildman–Crippen LogP) is 0.592. The lowest BCUT2D eigenvalue weighted by Crippen LogP contribution is -2.51. The normalized spacial score (nSPS) is 18.0. The summed E-state index contributed by atoms with van der Waals surface area (Å²) in [6.45, 7) is 3.73. The van der Waals surface area contributed by atoms with Gasteiger partial charge in [0, 0.05) is 39.1 Å². The molecule has 92 valence electrons. The van der Waals surface area contributed by atoms with Gasteiger partial charge in [0.1, 0.15) is 0 Å². The van der Waals surface area contributed by atoms with Gasteiger partial charge >= 0.3 is 5.97 Å². The smallest absolute Gasteiger partial charge is 0.303 e. The molecule has 1 heterocycles. The highest BCUT2D eigenvalue weighted by atomic mass is 16.5. The molecular formula is C11H19NO4. The standard InChI is InChI=1S/C11H19NO4/c1-8(7-16-2)3-10(13)12-5-9(6-12)4-11(14)15/h8-9H,3-7H2,1-2H3,(H,14,15). The van der Waals surface area contributed by atoms with E-state index in [1.807, 2.05) is 6.92 Å². The maximum atomic E-state index is 11.7. The number of likely N-dealkylation sites (tertiary alicyclic amines) is 1. The first kappa shape index (κ1) is 13.0. The van der Waals surface area contributed by atoms with E-state index in [9.17, 15) is 9.59 Å². The van der Waals surface area contributed by atoms with Crippen LogP contribution in [-0.4, -0.2) is 48.7 Å². The largest absolute Gasteiger partial charge is 0.481 e. The minimum Gasteiger partial charge on any atom is -0.481 e. The average Bonchev–Trinajstić information content (AvgIpc) is 2.10. The predicted molar refractivity (Wildman–Crippen MR) is 58.0 cm³/mol. The molecule has 1 saturated heterocycles. The summed E-state index contributed by atoms with van der Waals surface area (Å²) in [5.74, 6) is -0.328. The van der Waals surface area contributed by atoms with Crippen molar-refractivity contribution < 1.29 is 19.4 Å². The Morgan fingerprint density at radius 2 is 2.12 bits per heavy atom. The molecule has 0 radical (unpaired) electrons. The van der Waals surface area contributed by atoms with Crippen LogP contribution in [0, 0.1) is 11.8 Å². The second kappa shape index (κ2) is 5.84. The Kier molecular flexibility index (Phi) is 4.73. The van der Waals surface area contributed by atoms with Crippen LogP contribution in [-0.2, 0) is 14.3 Å². The second-order valence-corrected chi connectivity index (χ2v) is 4.53. The molecule has 0 spiro atoms. The number of amides is 1. The zero-order valence-corrected chi connectivity index (χ0v) is 9.81. The number of carboxylic acid groups (broad SMARTS) is 1. The number of ether oxygens (including phenoxy) is 1. The lowest BCUT2D eigenvalue weighted by Gasteiger charge is -2.39. The Hall–Kier alpha value is -1.10. The molecule has 1 N–H and O–H groups in total. The van der Waals surface area contributed by atoms with Crippen LogP contribution in [0.3, 0.4) is 0 Å². The van der Waals surface area contributed by atoms with Crippen molar-refractivity contribution in [3.63, 3.8) is 0 Å². The first-order chi connectivity index (χ1) is 7.52. The third-order valence-electron chi connectivity index (χ3n) is 2.75. The fourth-order valence-corrected chi connectivity index (χ4v) is 1.92. The number of carbonyl (C=O) groups excluding carboxylic acids is 1. The molecule has 5 nitrogen and oxygen atoms in total. The van der Waals surface area contributed by atoms with Gasteiger partial charge in [-0.3, -0.25) is 9.59 Å². The molecule has 1 aliphatic rings. The van der Waals surface area contributed by atoms with E-state index in [4.69, 9.17) is 9.84 Å². The third-order valence-corrected chi connectivity index (χ3v) is 2.75. The summed E-state index contributed by atoms with van der Waals surface area (Å²) in [6, 6.07) is 0. The summed E-state index contributed by atoms with van der Waals surface area (Å²) in [6.07, 6.45) is 0.644. The molecule has 0 aromatic heterocycles. The Balaban J connectivity index is 2.19. The molecule has 0 aromatic carbocycles. The fraction of sp³-hybridized carbons (Fsp3) is 0.818. The van der Waals surface area contributed by atoms with Crippen molar-refractivity contribution in [1.29, 1.82) is 0 Å². The number of hydrogen-bond donors (Lipinski definition) is 1. The van der Waals surface area contributed by atoms with Crippen LogP contribution in [0.15, 0.2) is 0 Å². The van der Waals surface area contributed by atoms with Crippen molar-refractivity contribution in [3.8, 4) is 0 Å². The van der Waals surface area contributed by atoms with Gasteiger partial charge in [0.05, 0.1) is 6.42 Å². The molecule has 1 amide bonds. The van der Waals surface area contributed by atoms with Gasteiger partial charge in [-0.15, -0.1) is 0 Å². The maximum absolute atomic E-state index is 11.7. The molecule has 16 heavy (non-hydrogen) atoms. The van der Waals surface area contributed by atoms with Crippen molar-refractivity contribution in [2.75, 3.05) is 26.8 Å². The van der Waals surface area contributed by atoms with Gasteiger partial charge in [0.15, 0.2) is 0 Å². The Morgan fingerprint density at radius 3 is 2.62 bits per heavy atom. The lowest BCUT2D eigenvalue weighted by molar-refractivity contribution is -0.145. The van der Waals surface area contributed by atoms with E-state index < -0.39 is 5.97 Å². The number of nitrogens with zero attached hydrogens (tertiary/aromatic N) is 1. The summed E-state index contributed by atoms with van der Waals surface area (Å²) in [4.78, 5) is 23.8. The zero-order chi connectivity index (χ0) is 12.1. The van der Waals surface area contributed by atoms with Crippen molar-refractivity contribution in [2.24, 2.45) is 11.8 Å². The van der Waals surface area contributed by atoms with Crippen LogP contribution in [0.25, 0.3) is 0 Å². The highest BCUT2D eigenvalue weighted by Crippen LogP contribution is 2.21. The molecule has 1 atom stereocenters. The lowest BCUT2D eigenvalue weighted by atomic mass is 9.95. The van der Waals surface area contributed by atoms with E-state index >= 15 is 0 Å².